The predicted molar refractivity (Wildman–Crippen MR) is 189 cm³/mol. The van der Waals surface area contributed by atoms with Crippen LogP contribution in [0.2, 0.25) is 0 Å². The molecule has 4 rings (SSSR count). The molecule has 0 aromatic heterocycles. The van der Waals surface area contributed by atoms with Gasteiger partial charge in [0.2, 0.25) is 11.4 Å². The van der Waals surface area contributed by atoms with Crippen molar-refractivity contribution in [3.05, 3.63) is 88.8 Å². The van der Waals surface area contributed by atoms with Crippen molar-refractivity contribution in [3.63, 3.8) is 0 Å². The second-order valence-corrected chi connectivity index (χ2v) is 11.6. The van der Waals surface area contributed by atoms with E-state index in [1.54, 1.807) is 21.3 Å². The number of benzene rings is 2. The van der Waals surface area contributed by atoms with Crippen LogP contribution in [-0.2, 0) is 19.0 Å². The van der Waals surface area contributed by atoms with Crippen molar-refractivity contribution >= 4 is 28.8 Å². The zero-order chi connectivity index (χ0) is 34.3. The van der Waals surface area contributed by atoms with Crippen LogP contribution in [0.5, 0.6) is 11.5 Å². The smallest absolute Gasteiger partial charge is 0.216 e. The van der Waals surface area contributed by atoms with Crippen LogP contribution in [0.15, 0.2) is 77.7 Å². The molecule has 0 atom stereocenters. The number of anilines is 1. The minimum atomic E-state index is -0.238. The Morgan fingerprint density at radius 3 is 2.10 bits per heavy atom. The summed E-state index contributed by atoms with van der Waals surface area (Å²) in [6.07, 6.45) is 12.1. The summed E-state index contributed by atoms with van der Waals surface area (Å²) in [5.74, 6) is 0.932. The Labute approximate surface area is 285 Å². The molecule has 0 amide bonds. The molecular formula is C39H50N2O7. The molecule has 1 aliphatic carbocycles. The van der Waals surface area contributed by atoms with E-state index >= 15 is 0 Å². The second kappa shape index (κ2) is 19.0. The number of ether oxygens (including phenoxy) is 5. The number of hydrogen-bond donors (Lipinski definition) is 0. The molecule has 1 aliphatic heterocycles. The Morgan fingerprint density at radius 1 is 0.792 bits per heavy atom. The standard InChI is InChI=1S/C39H50N2O7/c1-6-8-20-40(21-9-7-2)31-13-10-29(11-14-31)36-38(42)37(39(36)43)34-18-16-32(41(34)22-23-47-26-27-48-25-24-44-3)15-12-30-28-33(45-4)17-19-35(30)46-5/h10-19,28H,6-9,20-27H2,1-5H3/b15-12+. The van der Waals surface area contributed by atoms with E-state index in [9.17, 15) is 9.90 Å². The lowest BCUT2D eigenvalue weighted by Gasteiger charge is -2.31. The topological polar surface area (TPSA) is 92.5 Å². The van der Waals surface area contributed by atoms with Gasteiger partial charge in [0.1, 0.15) is 18.1 Å². The van der Waals surface area contributed by atoms with Gasteiger partial charge < -0.3 is 33.7 Å². The SMILES string of the molecule is CCCCN(CCCC)c1ccc(C2=C([O-])C(=C3C=CC(/C=C/c4cc(OC)ccc4OC)=[N+]3CCOCCOCCOC)C2=O)cc1. The maximum Gasteiger partial charge on any atom is 0.216 e. The van der Waals surface area contributed by atoms with Crippen molar-refractivity contribution in [3.8, 4) is 11.5 Å². The van der Waals surface area contributed by atoms with Crippen molar-refractivity contribution in [1.29, 1.82) is 0 Å². The highest BCUT2D eigenvalue weighted by Gasteiger charge is 2.37. The normalized spacial score (nSPS) is 16.0. The van der Waals surface area contributed by atoms with Gasteiger partial charge in [-0.25, -0.2) is 0 Å². The highest BCUT2D eigenvalue weighted by Crippen LogP contribution is 2.38. The fourth-order valence-electron chi connectivity index (χ4n) is 5.66. The average Bonchev–Trinajstić information content (AvgIpc) is 3.50. The first-order valence-corrected chi connectivity index (χ1v) is 16.9. The zero-order valence-corrected chi connectivity index (χ0v) is 29.1. The molecule has 0 spiro atoms. The summed E-state index contributed by atoms with van der Waals surface area (Å²) in [6, 6.07) is 13.4. The summed E-state index contributed by atoms with van der Waals surface area (Å²) in [7, 11) is 4.88. The summed E-state index contributed by atoms with van der Waals surface area (Å²) >= 11 is 0. The first-order valence-electron chi connectivity index (χ1n) is 16.9. The van der Waals surface area contributed by atoms with E-state index in [1.807, 2.05) is 71.3 Å². The first-order chi connectivity index (χ1) is 23.5. The monoisotopic (exact) mass is 658 g/mol. The van der Waals surface area contributed by atoms with Crippen LogP contribution in [0.3, 0.4) is 0 Å². The molecule has 2 aliphatic rings. The number of methoxy groups -OCH3 is 3. The molecule has 258 valence electrons. The van der Waals surface area contributed by atoms with Crippen LogP contribution in [-0.4, -0.2) is 90.1 Å². The predicted octanol–water partition coefficient (Wildman–Crippen LogP) is 5.43. The van der Waals surface area contributed by atoms with Gasteiger partial charge in [0.25, 0.3) is 0 Å². The first kappa shape index (κ1) is 36.7. The summed E-state index contributed by atoms with van der Waals surface area (Å²) < 4.78 is 29.3. The largest absolute Gasteiger partial charge is 0.871 e. The number of nitrogens with zero attached hydrogens (tertiary/aromatic N) is 2. The summed E-state index contributed by atoms with van der Waals surface area (Å²) in [4.78, 5) is 16.0. The Bertz CT molecular complexity index is 1530. The number of unbranched alkanes of at least 4 members (excludes halogenated alkanes) is 2. The summed E-state index contributed by atoms with van der Waals surface area (Å²) in [6.45, 7) is 9.09. The van der Waals surface area contributed by atoms with Crippen molar-refractivity contribution in [2.45, 2.75) is 39.5 Å². The number of carbonyl (C=O) groups excluding carboxylic acids is 1. The Morgan fingerprint density at radius 2 is 1.48 bits per heavy atom. The van der Waals surface area contributed by atoms with Crippen LogP contribution >= 0.6 is 0 Å². The molecule has 48 heavy (non-hydrogen) atoms. The van der Waals surface area contributed by atoms with Gasteiger partial charge in [-0.2, -0.15) is 4.58 Å². The molecule has 2 aromatic rings. The number of rotatable bonds is 21. The molecule has 0 bridgehead atoms. The second-order valence-electron chi connectivity index (χ2n) is 11.6. The fraction of sp³-hybridized carbons (Fsp3) is 0.436. The molecule has 0 fully saturated rings. The number of ketones is 1. The van der Waals surface area contributed by atoms with Crippen LogP contribution < -0.4 is 19.5 Å². The van der Waals surface area contributed by atoms with Gasteiger partial charge in [0.05, 0.1) is 46.2 Å². The molecule has 0 unspecified atom stereocenters. The van der Waals surface area contributed by atoms with E-state index < -0.39 is 0 Å². The number of carbonyl (C=O) groups is 1. The van der Waals surface area contributed by atoms with E-state index in [2.05, 4.69) is 18.7 Å². The Hall–Kier alpha value is -4.18. The summed E-state index contributed by atoms with van der Waals surface area (Å²) in [5, 5.41) is 13.6. The number of allylic oxidation sites excluding steroid dienone is 5. The van der Waals surface area contributed by atoms with Crippen LogP contribution in [0.1, 0.15) is 50.7 Å². The van der Waals surface area contributed by atoms with Gasteiger partial charge in [-0.05, 0) is 54.8 Å². The molecular weight excluding hydrogens is 608 g/mol. The molecule has 0 N–H and O–H groups in total. The van der Waals surface area contributed by atoms with Crippen LogP contribution in [0.25, 0.3) is 11.6 Å². The van der Waals surface area contributed by atoms with Gasteiger partial charge >= 0.3 is 0 Å². The maximum atomic E-state index is 13.6. The molecule has 0 saturated heterocycles. The molecule has 0 radical (unpaired) electrons. The van der Waals surface area contributed by atoms with E-state index in [1.165, 1.54) is 0 Å². The minimum absolute atomic E-state index is 0.197. The average molecular weight is 659 g/mol. The highest BCUT2D eigenvalue weighted by atomic mass is 16.5. The molecule has 9 nitrogen and oxygen atoms in total. The molecule has 1 heterocycles. The van der Waals surface area contributed by atoms with Gasteiger partial charge in [0.15, 0.2) is 12.3 Å². The van der Waals surface area contributed by atoms with Crippen molar-refractivity contribution in [2.24, 2.45) is 0 Å². The van der Waals surface area contributed by atoms with Gasteiger partial charge in [-0.3, -0.25) is 4.79 Å². The van der Waals surface area contributed by atoms with E-state index in [0.717, 1.165) is 55.7 Å². The fourth-order valence-corrected chi connectivity index (χ4v) is 5.66. The van der Waals surface area contributed by atoms with Gasteiger partial charge in [0, 0.05) is 55.3 Å². The Kier molecular flexibility index (Phi) is 14.5. The zero-order valence-electron chi connectivity index (χ0n) is 29.1. The molecule has 2 aromatic carbocycles. The van der Waals surface area contributed by atoms with Gasteiger partial charge in [-0.1, -0.05) is 44.6 Å². The van der Waals surface area contributed by atoms with E-state index in [-0.39, 0.29) is 22.7 Å². The minimum Gasteiger partial charge on any atom is -0.871 e. The van der Waals surface area contributed by atoms with Crippen molar-refractivity contribution in [1.82, 2.24) is 0 Å². The lowest BCUT2D eigenvalue weighted by Crippen LogP contribution is -2.33. The number of Topliss-reactive ketones (excluding diaryl/α,β-unsaturated/α-hetero) is 1. The van der Waals surface area contributed by atoms with Crippen molar-refractivity contribution in [2.75, 3.05) is 78.9 Å². The van der Waals surface area contributed by atoms with E-state index in [0.29, 0.717) is 62.3 Å². The van der Waals surface area contributed by atoms with Crippen molar-refractivity contribution < 1.29 is 38.2 Å². The Balaban J connectivity index is 1.60. The van der Waals surface area contributed by atoms with Crippen LogP contribution in [0, 0.1) is 0 Å². The quantitative estimate of drug-likeness (QED) is 0.0996. The van der Waals surface area contributed by atoms with Gasteiger partial charge in [-0.15, -0.1) is 0 Å². The van der Waals surface area contributed by atoms with E-state index in [4.69, 9.17) is 23.7 Å². The lowest BCUT2D eigenvalue weighted by atomic mass is 9.82. The molecule has 9 heteroatoms. The maximum absolute atomic E-state index is 13.6. The lowest BCUT2D eigenvalue weighted by molar-refractivity contribution is -0.472. The van der Waals surface area contributed by atoms with Crippen LogP contribution in [0.4, 0.5) is 5.69 Å². The molecule has 0 saturated carbocycles. The summed E-state index contributed by atoms with van der Waals surface area (Å²) in [5.41, 5.74) is 4.44. The third kappa shape index (κ3) is 9.24. The third-order valence-corrected chi connectivity index (χ3v) is 8.40. The third-order valence-electron chi connectivity index (χ3n) is 8.40. The number of hydrogen-bond acceptors (Lipinski definition) is 8. The highest BCUT2D eigenvalue weighted by molar-refractivity contribution is 6.39.